The van der Waals surface area contributed by atoms with Crippen LogP contribution in [0.4, 0.5) is 11.4 Å². The third-order valence-electron chi connectivity index (χ3n) is 2.85. The molecule has 2 amide bonds. The summed E-state index contributed by atoms with van der Waals surface area (Å²) in [6.45, 7) is -0.0375. The van der Waals surface area contributed by atoms with Crippen LogP contribution in [0.25, 0.3) is 0 Å². The van der Waals surface area contributed by atoms with E-state index in [1.807, 2.05) is 0 Å². The molecule has 2 aromatic rings. The van der Waals surface area contributed by atoms with Crippen molar-refractivity contribution in [3.8, 4) is 0 Å². The second kappa shape index (κ2) is 8.10. The number of hydrogen-bond acceptors (Lipinski definition) is 3. The first-order chi connectivity index (χ1) is 11.0. The summed E-state index contributed by atoms with van der Waals surface area (Å²) in [7, 11) is 1.44. The van der Waals surface area contributed by atoms with Crippen LogP contribution >= 0.6 is 27.5 Å². The summed E-state index contributed by atoms with van der Waals surface area (Å²) >= 11 is 9.35. The molecule has 0 saturated heterocycles. The number of rotatable bonds is 5. The third-order valence-corrected chi connectivity index (χ3v) is 3.68. The van der Waals surface area contributed by atoms with Gasteiger partial charge in [0, 0.05) is 23.0 Å². The highest BCUT2D eigenvalue weighted by atomic mass is 79.9. The van der Waals surface area contributed by atoms with E-state index in [1.54, 1.807) is 42.5 Å². The van der Waals surface area contributed by atoms with E-state index < -0.39 is 0 Å². The van der Waals surface area contributed by atoms with Crippen LogP contribution in [0.15, 0.2) is 46.9 Å². The van der Waals surface area contributed by atoms with Gasteiger partial charge in [-0.05, 0) is 36.4 Å². The lowest BCUT2D eigenvalue weighted by Gasteiger charge is -2.10. The number of carbonyl (C=O) groups is 2. The van der Waals surface area contributed by atoms with Crippen molar-refractivity contribution in [1.82, 2.24) is 0 Å². The van der Waals surface area contributed by atoms with Gasteiger partial charge in [0.1, 0.15) is 6.61 Å². The molecule has 0 aromatic heterocycles. The van der Waals surface area contributed by atoms with E-state index in [-0.39, 0.29) is 18.4 Å². The maximum atomic E-state index is 12.3. The number of benzene rings is 2. The number of amides is 2. The van der Waals surface area contributed by atoms with Crippen LogP contribution in [0, 0.1) is 0 Å². The van der Waals surface area contributed by atoms with Gasteiger partial charge in [0.15, 0.2) is 0 Å². The second-order valence-corrected chi connectivity index (χ2v) is 5.96. The quantitative estimate of drug-likeness (QED) is 0.803. The van der Waals surface area contributed by atoms with Gasteiger partial charge in [-0.3, -0.25) is 9.59 Å². The zero-order valence-electron chi connectivity index (χ0n) is 12.2. The molecular weight excluding hydrogens is 384 g/mol. The number of anilines is 2. The van der Waals surface area contributed by atoms with Crippen molar-refractivity contribution in [2.75, 3.05) is 24.4 Å². The van der Waals surface area contributed by atoms with E-state index in [0.717, 1.165) is 4.47 Å². The molecule has 23 heavy (non-hydrogen) atoms. The number of ether oxygens (including phenoxy) is 1. The van der Waals surface area contributed by atoms with Crippen molar-refractivity contribution in [2.24, 2.45) is 0 Å². The fourth-order valence-electron chi connectivity index (χ4n) is 1.87. The summed E-state index contributed by atoms with van der Waals surface area (Å²) in [5.41, 5.74) is 1.46. The lowest BCUT2D eigenvalue weighted by molar-refractivity contribution is -0.119. The third kappa shape index (κ3) is 5.06. The van der Waals surface area contributed by atoms with Crippen LogP contribution < -0.4 is 10.6 Å². The van der Waals surface area contributed by atoms with Crippen LogP contribution in [-0.4, -0.2) is 25.5 Å². The molecule has 0 radical (unpaired) electrons. The van der Waals surface area contributed by atoms with E-state index in [2.05, 4.69) is 26.6 Å². The Bertz CT molecular complexity index is 737. The van der Waals surface area contributed by atoms with Crippen LogP contribution in [0.2, 0.25) is 5.02 Å². The molecule has 2 N–H and O–H groups in total. The van der Waals surface area contributed by atoms with Crippen LogP contribution in [0.5, 0.6) is 0 Å². The average molecular weight is 398 g/mol. The lowest BCUT2D eigenvalue weighted by atomic mass is 10.2. The number of carbonyl (C=O) groups excluding carboxylic acids is 2. The highest BCUT2D eigenvalue weighted by Gasteiger charge is 2.11. The van der Waals surface area contributed by atoms with Crippen molar-refractivity contribution < 1.29 is 14.3 Å². The van der Waals surface area contributed by atoms with Gasteiger partial charge >= 0.3 is 0 Å². The Hall–Kier alpha value is -1.89. The Balaban J connectivity index is 2.12. The van der Waals surface area contributed by atoms with Crippen molar-refractivity contribution in [2.45, 2.75) is 0 Å². The van der Waals surface area contributed by atoms with Crippen LogP contribution in [0.1, 0.15) is 10.4 Å². The molecule has 0 aliphatic heterocycles. The molecule has 120 valence electrons. The molecule has 0 unspecified atom stereocenters. The van der Waals surface area contributed by atoms with Gasteiger partial charge in [0.05, 0.1) is 10.6 Å². The SMILES string of the molecule is COCC(=O)Nc1cccc(NC(=O)c2cc(Br)ccc2Cl)c1. The molecule has 7 heteroatoms. The molecule has 0 aliphatic rings. The molecule has 0 bridgehead atoms. The topological polar surface area (TPSA) is 67.4 Å². The number of hydrogen-bond donors (Lipinski definition) is 2. The summed E-state index contributed by atoms with van der Waals surface area (Å²) in [6, 6.07) is 11.8. The van der Waals surface area contributed by atoms with Gasteiger partial charge in [-0.2, -0.15) is 0 Å². The van der Waals surface area contributed by atoms with E-state index >= 15 is 0 Å². The summed E-state index contributed by atoms with van der Waals surface area (Å²) in [6.07, 6.45) is 0. The van der Waals surface area contributed by atoms with Gasteiger partial charge in [-0.25, -0.2) is 0 Å². The first kappa shape index (κ1) is 17.5. The van der Waals surface area contributed by atoms with E-state index in [4.69, 9.17) is 16.3 Å². The summed E-state index contributed by atoms with van der Waals surface area (Å²) < 4.78 is 5.51. The van der Waals surface area contributed by atoms with Gasteiger partial charge in [-0.15, -0.1) is 0 Å². The van der Waals surface area contributed by atoms with Gasteiger partial charge in [0.2, 0.25) is 5.91 Å². The molecule has 0 heterocycles. The maximum absolute atomic E-state index is 12.3. The Morgan fingerprint density at radius 1 is 1.13 bits per heavy atom. The predicted molar refractivity (Wildman–Crippen MR) is 94.1 cm³/mol. The minimum absolute atomic E-state index is 0.0375. The standard InChI is InChI=1S/C16H14BrClN2O3/c1-23-9-15(21)19-11-3-2-4-12(8-11)20-16(22)13-7-10(17)5-6-14(13)18/h2-8H,9H2,1H3,(H,19,21)(H,20,22). The van der Waals surface area contributed by atoms with E-state index in [1.165, 1.54) is 7.11 Å². The highest BCUT2D eigenvalue weighted by molar-refractivity contribution is 9.10. The molecule has 0 fully saturated rings. The number of halogens is 2. The Kier molecular flexibility index (Phi) is 6.15. The zero-order chi connectivity index (χ0) is 16.8. The maximum Gasteiger partial charge on any atom is 0.257 e. The smallest absolute Gasteiger partial charge is 0.257 e. The number of nitrogens with one attached hydrogen (secondary N) is 2. The largest absolute Gasteiger partial charge is 0.375 e. The van der Waals surface area contributed by atoms with Gasteiger partial charge in [-0.1, -0.05) is 33.6 Å². The Morgan fingerprint density at radius 2 is 1.83 bits per heavy atom. The Morgan fingerprint density at radius 3 is 2.52 bits per heavy atom. The van der Waals surface area contributed by atoms with E-state index in [9.17, 15) is 9.59 Å². The van der Waals surface area contributed by atoms with Crippen molar-refractivity contribution in [3.05, 3.63) is 57.5 Å². The fraction of sp³-hybridized carbons (Fsp3) is 0.125. The first-order valence-corrected chi connectivity index (χ1v) is 7.82. The second-order valence-electron chi connectivity index (χ2n) is 4.64. The normalized spacial score (nSPS) is 10.2. The Labute approximate surface area is 147 Å². The molecule has 0 spiro atoms. The summed E-state index contributed by atoms with van der Waals surface area (Å²) in [5, 5.41) is 5.77. The van der Waals surface area contributed by atoms with Crippen molar-refractivity contribution in [3.63, 3.8) is 0 Å². The molecule has 0 atom stereocenters. The minimum atomic E-state index is -0.336. The molecular formula is C16H14BrClN2O3. The van der Waals surface area contributed by atoms with E-state index in [0.29, 0.717) is 22.0 Å². The van der Waals surface area contributed by atoms with Gasteiger partial charge in [0.25, 0.3) is 5.91 Å². The molecule has 5 nitrogen and oxygen atoms in total. The van der Waals surface area contributed by atoms with Crippen LogP contribution in [0.3, 0.4) is 0 Å². The molecule has 0 aliphatic carbocycles. The monoisotopic (exact) mass is 396 g/mol. The van der Waals surface area contributed by atoms with Crippen molar-refractivity contribution in [1.29, 1.82) is 0 Å². The molecule has 2 aromatic carbocycles. The fourth-order valence-corrected chi connectivity index (χ4v) is 2.44. The number of methoxy groups -OCH3 is 1. The van der Waals surface area contributed by atoms with Crippen molar-refractivity contribution >= 4 is 50.7 Å². The molecule has 2 rings (SSSR count). The highest BCUT2D eigenvalue weighted by Crippen LogP contribution is 2.23. The summed E-state index contributed by atoms with van der Waals surface area (Å²) in [5.74, 6) is -0.609. The van der Waals surface area contributed by atoms with Crippen LogP contribution in [-0.2, 0) is 9.53 Å². The average Bonchev–Trinajstić information content (AvgIpc) is 2.50. The lowest BCUT2D eigenvalue weighted by Crippen LogP contribution is -2.17. The van der Waals surface area contributed by atoms with Gasteiger partial charge < -0.3 is 15.4 Å². The zero-order valence-corrected chi connectivity index (χ0v) is 14.6. The summed E-state index contributed by atoms with van der Waals surface area (Å²) in [4.78, 5) is 23.8. The molecule has 0 saturated carbocycles. The minimum Gasteiger partial charge on any atom is -0.375 e. The predicted octanol–water partition coefficient (Wildman–Crippen LogP) is 3.94. The first-order valence-electron chi connectivity index (χ1n) is 6.65.